The third kappa shape index (κ3) is 2.14. The first-order valence-corrected chi connectivity index (χ1v) is 6.00. The number of carboxylic acids is 1. The van der Waals surface area contributed by atoms with Gasteiger partial charge in [-0.25, -0.2) is 19.1 Å². The summed E-state index contributed by atoms with van der Waals surface area (Å²) in [7, 11) is 1.66. The molecule has 0 aromatic carbocycles. The summed E-state index contributed by atoms with van der Waals surface area (Å²) < 4.78 is 2.54. The summed E-state index contributed by atoms with van der Waals surface area (Å²) in [5.41, 5.74) is 0.260. The standard InChI is InChI=1S/C12H10N6O3/c1-17-10-8(5-14-17)11(19)18(16-15-10)6-7-3-2-4-13-9(7)12(20)21/h2-5H,6H2,1H3,(H,20,21). The third-order valence-electron chi connectivity index (χ3n) is 3.03. The van der Waals surface area contributed by atoms with Crippen LogP contribution in [0.3, 0.4) is 0 Å². The fourth-order valence-electron chi connectivity index (χ4n) is 2.00. The highest BCUT2D eigenvalue weighted by Gasteiger charge is 2.14. The number of aryl methyl sites for hydroxylation is 1. The van der Waals surface area contributed by atoms with Gasteiger partial charge >= 0.3 is 5.97 Å². The van der Waals surface area contributed by atoms with E-state index in [9.17, 15) is 9.59 Å². The lowest BCUT2D eigenvalue weighted by Crippen LogP contribution is -2.25. The molecule has 0 aliphatic carbocycles. The molecule has 0 fully saturated rings. The fraction of sp³-hybridized carbons (Fsp3) is 0.167. The van der Waals surface area contributed by atoms with Crippen molar-refractivity contribution in [2.75, 3.05) is 0 Å². The molecule has 0 bridgehead atoms. The number of hydrogen-bond acceptors (Lipinski definition) is 6. The average molecular weight is 286 g/mol. The van der Waals surface area contributed by atoms with E-state index in [0.29, 0.717) is 16.6 Å². The van der Waals surface area contributed by atoms with Gasteiger partial charge in [0.05, 0.1) is 12.7 Å². The first-order valence-electron chi connectivity index (χ1n) is 6.00. The average Bonchev–Trinajstić information content (AvgIpc) is 2.84. The van der Waals surface area contributed by atoms with Gasteiger partial charge in [-0.15, -0.1) is 5.10 Å². The quantitative estimate of drug-likeness (QED) is 0.700. The van der Waals surface area contributed by atoms with Gasteiger partial charge in [0.1, 0.15) is 5.39 Å². The van der Waals surface area contributed by atoms with Gasteiger partial charge in [-0.1, -0.05) is 11.3 Å². The lowest BCUT2D eigenvalue weighted by Gasteiger charge is -2.06. The minimum absolute atomic E-state index is 0.0217. The lowest BCUT2D eigenvalue weighted by molar-refractivity contribution is 0.0689. The summed E-state index contributed by atoms with van der Waals surface area (Å²) in [4.78, 5) is 27.2. The summed E-state index contributed by atoms with van der Waals surface area (Å²) in [6.45, 7) is -0.0217. The van der Waals surface area contributed by atoms with Gasteiger partial charge < -0.3 is 5.11 Å². The molecule has 0 aliphatic rings. The molecule has 106 valence electrons. The summed E-state index contributed by atoms with van der Waals surface area (Å²) in [5, 5.41) is 21.1. The molecule has 3 heterocycles. The van der Waals surface area contributed by atoms with Crippen molar-refractivity contribution < 1.29 is 9.90 Å². The van der Waals surface area contributed by atoms with Crippen molar-refractivity contribution >= 4 is 17.0 Å². The van der Waals surface area contributed by atoms with E-state index in [1.807, 2.05) is 0 Å². The monoisotopic (exact) mass is 286 g/mol. The first kappa shape index (κ1) is 12.9. The van der Waals surface area contributed by atoms with Crippen LogP contribution in [0.1, 0.15) is 16.1 Å². The largest absolute Gasteiger partial charge is 0.477 e. The van der Waals surface area contributed by atoms with Crippen LogP contribution in [-0.4, -0.2) is 40.8 Å². The molecular formula is C12H10N6O3. The minimum Gasteiger partial charge on any atom is -0.477 e. The number of aromatic carboxylic acids is 1. The fourth-order valence-corrected chi connectivity index (χ4v) is 2.00. The van der Waals surface area contributed by atoms with Crippen LogP contribution in [0.5, 0.6) is 0 Å². The molecule has 0 spiro atoms. The number of hydrogen-bond donors (Lipinski definition) is 1. The molecule has 3 aromatic heterocycles. The minimum atomic E-state index is -1.16. The number of fused-ring (bicyclic) bond motifs is 1. The van der Waals surface area contributed by atoms with Gasteiger partial charge in [0.15, 0.2) is 11.3 Å². The molecule has 0 amide bonds. The van der Waals surface area contributed by atoms with Gasteiger partial charge in [0.2, 0.25) is 0 Å². The van der Waals surface area contributed by atoms with Crippen molar-refractivity contribution in [3.8, 4) is 0 Å². The van der Waals surface area contributed by atoms with Crippen molar-refractivity contribution in [2.45, 2.75) is 6.54 Å². The van der Waals surface area contributed by atoms with Gasteiger partial charge in [-0.2, -0.15) is 5.10 Å². The summed E-state index contributed by atoms with van der Waals surface area (Å²) in [6, 6.07) is 3.18. The third-order valence-corrected chi connectivity index (χ3v) is 3.03. The number of carbonyl (C=O) groups is 1. The maximum absolute atomic E-state index is 12.3. The van der Waals surface area contributed by atoms with Gasteiger partial charge in [0.25, 0.3) is 5.56 Å². The zero-order chi connectivity index (χ0) is 15.0. The van der Waals surface area contributed by atoms with Gasteiger partial charge in [-0.05, 0) is 6.07 Å². The number of carboxylic acid groups (broad SMARTS) is 1. The first-order chi connectivity index (χ1) is 10.1. The Morgan fingerprint density at radius 1 is 1.43 bits per heavy atom. The Morgan fingerprint density at radius 3 is 3.00 bits per heavy atom. The predicted octanol–water partition coefficient (Wildman–Crippen LogP) is -0.334. The Labute approximate surface area is 117 Å². The van der Waals surface area contributed by atoms with Gasteiger partial charge in [0, 0.05) is 18.8 Å². The Hall–Kier alpha value is -3.10. The zero-order valence-corrected chi connectivity index (χ0v) is 11.0. The van der Waals surface area contributed by atoms with E-state index in [-0.39, 0.29) is 17.8 Å². The van der Waals surface area contributed by atoms with Crippen LogP contribution in [0.25, 0.3) is 11.0 Å². The molecule has 0 atom stereocenters. The molecule has 1 N–H and O–H groups in total. The van der Waals surface area contributed by atoms with Crippen LogP contribution < -0.4 is 5.56 Å². The maximum atomic E-state index is 12.3. The highest BCUT2D eigenvalue weighted by molar-refractivity contribution is 5.87. The van der Waals surface area contributed by atoms with Crippen molar-refractivity contribution in [3.05, 3.63) is 46.1 Å². The highest BCUT2D eigenvalue weighted by atomic mass is 16.4. The topological polar surface area (TPSA) is 116 Å². The predicted molar refractivity (Wildman–Crippen MR) is 70.9 cm³/mol. The van der Waals surface area contributed by atoms with Crippen molar-refractivity contribution in [2.24, 2.45) is 7.05 Å². The van der Waals surface area contributed by atoms with Crippen LogP contribution in [0.4, 0.5) is 0 Å². The molecule has 0 unspecified atom stereocenters. The molecule has 0 aliphatic heterocycles. The Kier molecular flexibility index (Phi) is 2.94. The maximum Gasteiger partial charge on any atom is 0.354 e. The van der Waals surface area contributed by atoms with Gasteiger partial charge in [-0.3, -0.25) is 4.79 Å². The molecule has 0 radical (unpaired) electrons. The smallest absolute Gasteiger partial charge is 0.354 e. The normalized spacial score (nSPS) is 10.9. The molecule has 9 heteroatoms. The van der Waals surface area contributed by atoms with Crippen LogP contribution >= 0.6 is 0 Å². The Morgan fingerprint density at radius 2 is 2.24 bits per heavy atom. The Bertz CT molecular complexity index is 897. The summed E-state index contributed by atoms with van der Waals surface area (Å²) >= 11 is 0. The SMILES string of the molecule is Cn1ncc2c(=O)n(Cc3cccnc3C(=O)O)nnc21. The van der Waals surface area contributed by atoms with E-state index >= 15 is 0 Å². The molecule has 0 saturated carbocycles. The number of pyridine rings is 1. The van der Waals surface area contributed by atoms with Crippen LogP contribution in [0, 0.1) is 0 Å². The number of rotatable bonds is 3. The van der Waals surface area contributed by atoms with Crippen LogP contribution in [-0.2, 0) is 13.6 Å². The zero-order valence-electron chi connectivity index (χ0n) is 11.0. The van der Waals surface area contributed by atoms with Crippen LogP contribution in [0.15, 0.2) is 29.3 Å². The van der Waals surface area contributed by atoms with Crippen LogP contribution in [0.2, 0.25) is 0 Å². The van der Waals surface area contributed by atoms with E-state index < -0.39 is 5.97 Å². The lowest BCUT2D eigenvalue weighted by atomic mass is 10.2. The molecule has 3 rings (SSSR count). The van der Waals surface area contributed by atoms with Crippen molar-refractivity contribution in [3.63, 3.8) is 0 Å². The molecule has 0 saturated heterocycles. The van der Waals surface area contributed by atoms with E-state index in [1.54, 1.807) is 19.2 Å². The second-order valence-electron chi connectivity index (χ2n) is 4.37. The van der Waals surface area contributed by atoms with E-state index in [2.05, 4.69) is 20.4 Å². The van der Waals surface area contributed by atoms with E-state index in [4.69, 9.17) is 5.11 Å². The molecule has 9 nitrogen and oxygen atoms in total. The molecule has 3 aromatic rings. The Balaban J connectivity index is 2.09. The number of nitrogens with zero attached hydrogens (tertiary/aromatic N) is 6. The summed E-state index contributed by atoms with van der Waals surface area (Å²) in [5.74, 6) is -1.16. The van der Waals surface area contributed by atoms with E-state index in [0.717, 1.165) is 4.68 Å². The van der Waals surface area contributed by atoms with Crippen molar-refractivity contribution in [1.82, 2.24) is 29.8 Å². The molecule has 21 heavy (non-hydrogen) atoms. The number of aromatic nitrogens is 6. The highest BCUT2D eigenvalue weighted by Crippen LogP contribution is 2.07. The second kappa shape index (κ2) is 4.78. The van der Waals surface area contributed by atoms with E-state index in [1.165, 1.54) is 17.1 Å². The van der Waals surface area contributed by atoms with Crippen molar-refractivity contribution in [1.29, 1.82) is 0 Å². The molecular weight excluding hydrogens is 276 g/mol. The summed E-state index contributed by atoms with van der Waals surface area (Å²) in [6.07, 6.45) is 2.79. The second-order valence-corrected chi connectivity index (χ2v) is 4.37.